The normalized spacial score (nSPS) is 11.8. The van der Waals surface area contributed by atoms with Gasteiger partial charge in [-0.2, -0.15) is 0 Å². The third-order valence-electron chi connectivity index (χ3n) is 7.36. The molecule has 0 heterocycles. The maximum atomic E-state index is 14.0. The Hall–Kier alpha value is -4.98. The number of benzene rings is 3. The molecule has 0 atom stereocenters. The van der Waals surface area contributed by atoms with Crippen LogP contribution >= 0.6 is 0 Å². The number of ketones is 1. The van der Waals surface area contributed by atoms with Gasteiger partial charge in [0.1, 0.15) is 5.75 Å². The summed E-state index contributed by atoms with van der Waals surface area (Å²) in [6, 6.07) is 8.20. The number of esters is 1. The van der Waals surface area contributed by atoms with E-state index < -0.39 is 5.97 Å². The monoisotopic (exact) mass is 598 g/mol. The second-order valence-corrected chi connectivity index (χ2v) is 11.1. The average Bonchev–Trinajstić information content (AvgIpc) is 2.98. The van der Waals surface area contributed by atoms with Gasteiger partial charge >= 0.3 is 5.97 Å². The minimum atomic E-state index is -0.675. The van der Waals surface area contributed by atoms with Crippen LogP contribution in [-0.2, 0) is 24.1 Å². The van der Waals surface area contributed by atoms with E-state index >= 15 is 0 Å². The third-order valence-corrected chi connectivity index (χ3v) is 7.36. The molecule has 2 N–H and O–H groups in total. The zero-order valence-electron chi connectivity index (χ0n) is 26.2. The van der Waals surface area contributed by atoms with Gasteiger partial charge in [0.05, 0.1) is 21.3 Å². The molecule has 0 unspecified atom stereocenters. The Kier molecular flexibility index (Phi) is 9.83. The van der Waals surface area contributed by atoms with Crippen LogP contribution in [0.3, 0.4) is 0 Å². The molecule has 4 rings (SSSR count). The number of carbonyl (C=O) groups excluding carboxylic acids is 2. The highest BCUT2D eigenvalue weighted by atomic mass is 16.6. The van der Waals surface area contributed by atoms with Crippen molar-refractivity contribution in [2.24, 2.45) is 0 Å². The fraction of sp³-hybridized carbons (Fsp3) is 0.278. The summed E-state index contributed by atoms with van der Waals surface area (Å²) in [4.78, 5) is 27.1. The van der Waals surface area contributed by atoms with Crippen LogP contribution < -0.4 is 18.9 Å². The quantitative estimate of drug-likeness (QED) is 0.0878. The SMILES string of the molecule is COc1cc(/C=C/C(=O)Oc2cc3c(c(CC=C(C)C)c2OC)C(=O)c2cc(CC=C(C)C)c(O)cc2C3)cc(OC)c1O. The van der Waals surface area contributed by atoms with E-state index in [1.54, 1.807) is 30.3 Å². The number of rotatable bonds is 10. The van der Waals surface area contributed by atoms with Gasteiger partial charge in [0, 0.05) is 22.8 Å². The lowest BCUT2D eigenvalue weighted by atomic mass is 9.80. The van der Waals surface area contributed by atoms with Crippen LogP contribution in [0.25, 0.3) is 6.08 Å². The lowest BCUT2D eigenvalue weighted by Gasteiger charge is -2.25. The number of methoxy groups -OCH3 is 3. The first-order chi connectivity index (χ1) is 21.0. The second kappa shape index (κ2) is 13.5. The predicted molar refractivity (Wildman–Crippen MR) is 169 cm³/mol. The molecule has 0 spiro atoms. The summed E-state index contributed by atoms with van der Waals surface area (Å²) in [6.45, 7) is 7.91. The van der Waals surface area contributed by atoms with Crippen LogP contribution in [0, 0.1) is 0 Å². The number of allylic oxidation sites excluding steroid dienone is 4. The molecule has 0 aliphatic heterocycles. The third kappa shape index (κ3) is 6.80. The van der Waals surface area contributed by atoms with E-state index in [-0.39, 0.29) is 34.5 Å². The largest absolute Gasteiger partial charge is 0.508 e. The number of ether oxygens (including phenoxy) is 4. The molecular formula is C36H38O8. The van der Waals surface area contributed by atoms with Gasteiger partial charge in [0.15, 0.2) is 28.8 Å². The van der Waals surface area contributed by atoms with Crippen LogP contribution in [0.15, 0.2) is 59.7 Å². The molecule has 0 aromatic heterocycles. The zero-order chi connectivity index (χ0) is 32.1. The Morgan fingerprint density at radius 3 is 2.05 bits per heavy atom. The highest BCUT2D eigenvalue weighted by molar-refractivity contribution is 6.14. The van der Waals surface area contributed by atoms with E-state index in [9.17, 15) is 19.8 Å². The number of fused-ring (bicyclic) bond motifs is 2. The first kappa shape index (κ1) is 31.9. The lowest BCUT2D eigenvalue weighted by Crippen LogP contribution is -2.19. The molecule has 1 aliphatic carbocycles. The highest BCUT2D eigenvalue weighted by Gasteiger charge is 2.31. The second-order valence-electron chi connectivity index (χ2n) is 11.1. The van der Waals surface area contributed by atoms with Crippen LogP contribution in [0.4, 0.5) is 0 Å². The van der Waals surface area contributed by atoms with Crippen LogP contribution in [0.5, 0.6) is 34.5 Å². The summed E-state index contributed by atoms with van der Waals surface area (Å²) < 4.78 is 21.9. The van der Waals surface area contributed by atoms with Crippen molar-refractivity contribution in [2.75, 3.05) is 21.3 Å². The molecule has 0 bridgehead atoms. The molecule has 8 heteroatoms. The summed E-state index contributed by atoms with van der Waals surface area (Å²) in [5.74, 6) is 0.0157. The van der Waals surface area contributed by atoms with Crippen molar-refractivity contribution < 1.29 is 38.7 Å². The van der Waals surface area contributed by atoms with E-state index in [2.05, 4.69) is 0 Å². The smallest absolute Gasteiger partial charge is 0.336 e. The molecule has 3 aromatic rings. The van der Waals surface area contributed by atoms with Gasteiger partial charge in [-0.3, -0.25) is 4.79 Å². The van der Waals surface area contributed by atoms with Crippen molar-refractivity contribution in [3.05, 3.63) is 98.7 Å². The number of phenolic OH excluding ortho intramolecular Hbond substituents is 2. The Morgan fingerprint density at radius 1 is 0.818 bits per heavy atom. The maximum Gasteiger partial charge on any atom is 0.336 e. The van der Waals surface area contributed by atoms with E-state index in [1.165, 1.54) is 33.5 Å². The molecule has 0 saturated heterocycles. The Labute approximate surface area is 257 Å². The number of hydrogen-bond donors (Lipinski definition) is 2. The average molecular weight is 599 g/mol. The summed E-state index contributed by atoms with van der Waals surface area (Å²) in [5, 5.41) is 20.9. The van der Waals surface area contributed by atoms with E-state index in [1.807, 2.05) is 39.8 Å². The Balaban J connectivity index is 1.75. The summed E-state index contributed by atoms with van der Waals surface area (Å²) in [7, 11) is 4.31. The summed E-state index contributed by atoms with van der Waals surface area (Å²) >= 11 is 0. The molecule has 0 fully saturated rings. The maximum absolute atomic E-state index is 14.0. The molecule has 230 valence electrons. The zero-order valence-corrected chi connectivity index (χ0v) is 26.2. The predicted octanol–water partition coefficient (Wildman–Crippen LogP) is 6.90. The number of hydrogen-bond acceptors (Lipinski definition) is 8. The minimum Gasteiger partial charge on any atom is -0.508 e. The molecule has 3 aromatic carbocycles. The van der Waals surface area contributed by atoms with Crippen molar-refractivity contribution in [1.29, 1.82) is 0 Å². The Morgan fingerprint density at radius 2 is 1.45 bits per heavy atom. The molecule has 0 amide bonds. The van der Waals surface area contributed by atoms with Crippen LogP contribution in [0.2, 0.25) is 0 Å². The molecule has 0 radical (unpaired) electrons. The van der Waals surface area contributed by atoms with Crippen molar-refractivity contribution in [1.82, 2.24) is 0 Å². The van der Waals surface area contributed by atoms with E-state index in [0.29, 0.717) is 64.0 Å². The molecule has 1 aliphatic rings. The molecule has 44 heavy (non-hydrogen) atoms. The number of aromatic hydroxyl groups is 2. The van der Waals surface area contributed by atoms with Crippen LogP contribution in [-0.4, -0.2) is 43.3 Å². The molecule has 0 saturated carbocycles. The fourth-order valence-corrected chi connectivity index (χ4v) is 5.14. The minimum absolute atomic E-state index is 0.134. The van der Waals surface area contributed by atoms with Gasteiger partial charge in [-0.1, -0.05) is 23.3 Å². The van der Waals surface area contributed by atoms with Crippen molar-refractivity contribution in [3.63, 3.8) is 0 Å². The van der Waals surface area contributed by atoms with Gasteiger partial charge in [-0.05, 0) is 106 Å². The van der Waals surface area contributed by atoms with E-state index in [4.69, 9.17) is 18.9 Å². The van der Waals surface area contributed by atoms with Crippen molar-refractivity contribution >= 4 is 17.8 Å². The lowest BCUT2D eigenvalue weighted by molar-refractivity contribution is -0.129. The first-order valence-corrected chi connectivity index (χ1v) is 14.2. The Bertz CT molecular complexity index is 1670. The van der Waals surface area contributed by atoms with Gasteiger partial charge < -0.3 is 29.2 Å². The van der Waals surface area contributed by atoms with Gasteiger partial charge in [0.2, 0.25) is 5.75 Å². The molecular weight excluding hydrogens is 560 g/mol. The topological polar surface area (TPSA) is 112 Å². The fourth-order valence-electron chi connectivity index (χ4n) is 5.14. The highest BCUT2D eigenvalue weighted by Crippen LogP contribution is 2.43. The van der Waals surface area contributed by atoms with E-state index in [0.717, 1.165) is 11.1 Å². The van der Waals surface area contributed by atoms with Crippen LogP contribution in [0.1, 0.15) is 71.4 Å². The number of phenols is 2. The van der Waals surface area contributed by atoms with Gasteiger partial charge in [-0.15, -0.1) is 0 Å². The van der Waals surface area contributed by atoms with Gasteiger partial charge in [0.25, 0.3) is 0 Å². The number of carbonyl (C=O) groups is 2. The summed E-state index contributed by atoms with van der Waals surface area (Å²) in [6.07, 6.45) is 8.04. The van der Waals surface area contributed by atoms with Gasteiger partial charge in [-0.25, -0.2) is 4.79 Å². The molecule has 8 nitrogen and oxygen atoms in total. The first-order valence-electron chi connectivity index (χ1n) is 14.2. The summed E-state index contributed by atoms with van der Waals surface area (Å²) in [5.41, 5.74) is 6.46. The van der Waals surface area contributed by atoms with Crippen molar-refractivity contribution in [2.45, 2.75) is 47.0 Å². The van der Waals surface area contributed by atoms with Crippen molar-refractivity contribution in [3.8, 4) is 34.5 Å². The standard InChI is InChI=1S/C36H38O8/c1-20(2)8-11-23-17-27-24(18-28(23)37)16-25-19-31(36(43-7)26(12-9-21(3)4)33(25)34(27)39)44-32(38)13-10-22-14-29(41-5)35(40)30(15-22)42-6/h8-10,13-15,17-19,37,40H,11-12,16H2,1-7H3/b13-10+.